The van der Waals surface area contributed by atoms with Gasteiger partial charge in [0.25, 0.3) is 5.91 Å². The molecule has 2 aromatic rings. The first kappa shape index (κ1) is 19.5. The molecule has 0 atom stereocenters. The molecule has 0 bridgehead atoms. The van der Waals surface area contributed by atoms with Gasteiger partial charge < -0.3 is 15.0 Å². The fourth-order valence-corrected chi connectivity index (χ4v) is 4.02. The van der Waals surface area contributed by atoms with Gasteiger partial charge in [-0.1, -0.05) is 12.1 Å². The van der Waals surface area contributed by atoms with E-state index in [2.05, 4.69) is 22.3 Å². The summed E-state index contributed by atoms with van der Waals surface area (Å²) in [4.78, 5) is 28.9. The molecule has 0 unspecified atom stereocenters. The van der Waals surface area contributed by atoms with Crippen LogP contribution in [-0.2, 0) is 17.8 Å². The van der Waals surface area contributed by atoms with E-state index in [1.54, 1.807) is 7.11 Å². The Morgan fingerprint density at radius 3 is 2.66 bits per heavy atom. The largest absolute Gasteiger partial charge is 0.497 e. The maximum Gasteiger partial charge on any atom is 0.253 e. The van der Waals surface area contributed by atoms with Crippen molar-refractivity contribution >= 4 is 17.5 Å². The Hall–Kier alpha value is -2.86. The maximum absolute atomic E-state index is 13.0. The lowest BCUT2D eigenvalue weighted by Gasteiger charge is -2.23. The molecule has 29 heavy (non-hydrogen) atoms. The lowest BCUT2D eigenvalue weighted by molar-refractivity contribution is -0.116. The molecular weight excluding hydrogens is 366 g/mol. The van der Waals surface area contributed by atoms with Crippen molar-refractivity contribution in [2.75, 3.05) is 38.6 Å². The van der Waals surface area contributed by atoms with Crippen LogP contribution in [0.25, 0.3) is 0 Å². The van der Waals surface area contributed by atoms with Crippen LogP contribution in [-0.4, -0.2) is 54.9 Å². The first-order chi connectivity index (χ1) is 14.1. The molecule has 6 nitrogen and oxygen atoms in total. The Labute approximate surface area is 171 Å². The third kappa shape index (κ3) is 4.59. The molecule has 0 aromatic heterocycles. The minimum Gasteiger partial charge on any atom is -0.497 e. The lowest BCUT2D eigenvalue weighted by Crippen LogP contribution is -2.35. The summed E-state index contributed by atoms with van der Waals surface area (Å²) in [5.41, 5.74) is 3.84. The van der Waals surface area contributed by atoms with Gasteiger partial charge in [0, 0.05) is 50.4 Å². The van der Waals surface area contributed by atoms with Crippen molar-refractivity contribution in [3.05, 3.63) is 59.2 Å². The number of carbonyl (C=O) groups excluding carboxylic acids is 2. The van der Waals surface area contributed by atoms with Crippen molar-refractivity contribution in [3.63, 3.8) is 0 Å². The van der Waals surface area contributed by atoms with E-state index in [0.717, 1.165) is 56.1 Å². The summed E-state index contributed by atoms with van der Waals surface area (Å²) in [5, 5.41) is 2.87. The van der Waals surface area contributed by atoms with Crippen molar-refractivity contribution in [2.45, 2.75) is 25.8 Å². The Bertz CT molecular complexity index is 895. The fraction of sp³-hybridized carbons (Fsp3) is 0.391. The molecule has 0 saturated carbocycles. The molecule has 4 rings (SSSR count). The molecule has 1 N–H and O–H groups in total. The highest BCUT2D eigenvalue weighted by molar-refractivity contribution is 5.98. The van der Waals surface area contributed by atoms with Gasteiger partial charge in [0.1, 0.15) is 5.75 Å². The van der Waals surface area contributed by atoms with Crippen molar-refractivity contribution < 1.29 is 14.3 Å². The number of benzene rings is 2. The van der Waals surface area contributed by atoms with Gasteiger partial charge in [0.15, 0.2) is 0 Å². The summed E-state index contributed by atoms with van der Waals surface area (Å²) in [7, 11) is 1.67. The lowest BCUT2D eigenvalue weighted by atomic mass is 10.00. The number of amides is 2. The predicted octanol–water partition coefficient (Wildman–Crippen LogP) is 2.93. The minimum absolute atomic E-state index is 0.0426. The molecule has 1 saturated heterocycles. The average molecular weight is 393 g/mol. The second-order valence-corrected chi connectivity index (χ2v) is 7.69. The van der Waals surface area contributed by atoms with Crippen LogP contribution in [0.3, 0.4) is 0 Å². The summed E-state index contributed by atoms with van der Waals surface area (Å²) in [6.45, 7) is 4.21. The first-order valence-electron chi connectivity index (χ1n) is 10.2. The molecule has 2 heterocycles. The molecular formula is C23H27N3O3. The van der Waals surface area contributed by atoms with E-state index in [0.29, 0.717) is 18.4 Å². The fourth-order valence-electron chi connectivity index (χ4n) is 4.02. The molecule has 1 fully saturated rings. The van der Waals surface area contributed by atoms with Crippen molar-refractivity contribution in [1.82, 2.24) is 9.80 Å². The van der Waals surface area contributed by atoms with E-state index in [9.17, 15) is 9.59 Å². The highest BCUT2D eigenvalue weighted by Crippen LogP contribution is 2.24. The molecule has 2 aliphatic heterocycles. The smallest absolute Gasteiger partial charge is 0.253 e. The number of methoxy groups -OCH3 is 1. The summed E-state index contributed by atoms with van der Waals surface area (Å²) in [6.07, 6.45) is 2.13. The average Bonchev–Trinajstić information content (AvgIpc) is 2.99. The number of carbonyl (C=O) groups is 2. The molecule has 2 aliphatic rings. The first-order valence-corrected chi connectivity index (χ1v) is 10.2. The second kappa shape index (κ2) is 8.66. The van der Waals surface area contributed by atoms with E-state index < -0.39 is 0 Å². The van der Waals surface area contributed by atoms with Crippen LogP contribution in [0.5, 0.6) is 5.75 Å². The Morgan fingerprint density at radius 1 is 1.03 bits per heavy atom. The second-order valence-electron chi connectivity index (χ2n) is 7.69. The van der Waals surface area contributed by atoms with Crippen LogP contribution in [0.2, 0.25) is 0 Å². The number of anilines is 1. The number of nitrogens with zero attached hydrogens (tertiary/aromatic N) is 2. The summed E-state index contributed by atoms with van der Waals surface area (Å²) in [5.74, 6) is 0.989. The summed E-state index contributed by atoms with van der Waals surface area (Å²) in [6, 6.07) is 13.8. The number of rotatable bonds is 4. The molecule has 2 aromatic carbocycles. The van der Waals surface area contributed by atoms with Crippen LogP contribution in [0.15, 0.2) is 42.5 Å². The van der Waals surface area contributed by atoms with Crippen molar-refractivity contribution in [1.29, 1.82) is 0 Å². The van der Waals surface area contributed by atoms with E-state index >= 15 is 0 Å². The van der Waals surface area contributed by atoms with Crippen molar-refractivity contribution in [2.24, 2.45) is 0 Å². The molecule has 6 heteroatoms. The monoisotopic (exact) mass is 393 g/mol. The molecule has 0 aliphatic carbocycles. The van der Waals surface area contributed by atoms with Crippen LogP contribution < -0.4 is 10.1 Å². The van der Waals surface area contributed by atoms with E-state index in [1.807, 2.05) is 35.2 Å². The van der Waals surface area contributed by atoms with Crippen LogP contribution in [0.4, 0.5) is 5.69 Å². The summed E-state index contributed by atoms with van der Waals surface area (Å²) >= 11 is 0. The third-order valence-electron chi connectivity index (χ3n) is 5.69. The molecule has 152 valence electrons. The van der Waals surface area contributed by atoms with Gasteiger partial charge in [-0.3, -0.25) is 14.5 Å². The van der Waals surface area contributed by atoms with Gasteiger partial charge in [-0.25, -0.2) is 0 Å². The van der Waals surface area contributed by atoms with E-state index in [4.69, 9.17) is 4.74 Å². The molecule has 2 amide bonds. The highest BCUT2D eigenvalue weighted by Gasteiger charge is 2.22. The Morgan fingerprint density at radius 2 is 1.86 bits per heavy atom. The van der Waals surface area contributed by atoms with E-state index in [-0.39, 0.29) is 11.8 Å². The zero-order chi connectivity index (χ0) is 20.2. The zero-order valence-corrected chi connectivity index (χ0v) is 16.8. The van der Waals surface area contributed by atoms with Gasteiger partial charge >= 0.3 is 0 Å². The minimum atomic E-state index is 0.0426. The number of aryl methyl sites for hydroxylation is 1. The van der Waals surface area contributed by atoms with Gasteiger partial charge in [0.05, 0.1) is 7.11 Å². The number of hydrogen-bond acceptors (Lipinski definition) is 4. The quantitative estimate of drug-likeness (QED) is 0.868. The maximum atomic E-state index is 13.0. The van der Waals surface area contributed by atoms with Crippen LogP contribution >= 0.6 is 0 Å². The van der Waals surface area contributed by atoms with Gasteiger partial charge in [-0.05, 0) is 54.3 Å². The topological polar surface area (TPSA) is 61.9 Å². The Kier molecular flexibility index (Phi) is 5.81. The van der Waals surface area contributed by atoms with Crippen LogP contribution in [0, 0.1) is 0 Å². The number of nitrogens with one attached hydrogen (secondary N) is 1. The Balaban J connectivity index is 1.37. The normalized spacial score (nSPS) is 17.3. The SMILES string of the molecule is COc1ccc(CN2CCCN(C(=O)c3ccc4c(c3)CCC(=O)N4)CC2)cc1. The predicted molar refractivity (Wildman–Crippen MR) is 112 cm³/mol. The molecule has 0 spiro atoms. The highest BCUT2D eigenvalue weighted by atomic mass is 16.5. The zero-order valence-electron chi connectivity index (χ0n) is 16.8. The standard InChI is InChI=1S/C23H27N3O3/c1-29-20-7-3-17(4-8-20)16-25-11-2-12-26(14-13-25)23(28)19-5-9-21-18(15-19)6-10-22(27)24-21/h3-5,7-9,15H,2,6,10-14,16H2,1H3,(H,24,27). The summed E-state index contributed by atoms with van der Waals surface area (Å²) < 4.78 is 5.22. The van der Waals surface area contributed by atoms with Gasteiger partial charge in [-0.15, -0.1) is 0 Å². The van der Waals surface area contributed by atoms with Crippen LogP contribution in [0.1, 0.15) is 34.3 Å². The van der Waals surface area contributed by atoms with Crippen molar-refractivity contribution in [3.8, 4) is 5.75 Å². The number of ether oxygens (including phenoxy) is 1. The van der Waals surface area contributed by atoms with Gasteiger partial charge in [-0.2, -0.15) is 0 Å². The van der Waals surface area contributed by atoms with Gasteiger partial charge in [0.2, 0.25) is 5.91 Å². The number of fused-ring (bicyclic) bond motifs is 1. The number of hydrogen-bond donors (Lipinski definition) is 1. The third-order valence-corrected chi connectivity index (χ3v) is 5.69. The molecule has 0 radical (unpaired) electrons. The van der Waals surface area contributed by atoms with E-state index in [1.165, 1.54) is 5.56 Å².